The van der Waals surface area contributed by atoms with Crippen molar-refractivity contribution in [2.24, 2.45) is 0 Å². The summed E-state index contributed by atoms with van der Waals surface area (Å²) in [5.74, 6) is -1.94. The zero-order valence-corrected chi connectivity index (χ0v) is 17.5. The quantitative estimate of drug-likeness (QED) is 0.635. The van der Waals surface area contributed by atoms with Crippen molar-refractivity contribution in [3.05, 3.63) is 57.9 Å². The summed E-state index contributed by atoms with van der Waals surface area (Å²) in [4.78, 5) is 26.2. The second-order valence-corrected chi connectivity index (χ2v) is 8.52. The topological polar surface area (TPSA) is 55.4 Å². The number of alkyl halides is 3. The molecule has 0 spiro atoms. The highest BCUT2D eigenvalue weighted by atomic mass is 19.4. The van der Waals surface area contributed by atoms with Crippen molar-refractivity contribution in [2.45, 2.75) is 76.5 Å². The third kappa shape index (κ3) is 4.27. The molecule has 4 rings (SSSR count). The zero-order chi connectivity index (χ0) is 22.2. The zero-order valence-electron chi connectivity index (χ0n) is 17.5. The number of Topliss-reactive ketones (excluding diaryl/α,β-unsaturated/α-hetero) is 1. The molecular weight excluding hydrogens is 407 g/mol. The molecule has 4 nitrogen and oxygen atoms in total. The molecule has 166 valence electrons. The van der Waals surface area contributed by atoms with Crippen molar-refractivity contribution in [1.29, 1.82) is 0 Å². The number of esters is 1. The molecule has 1 atom stereocenters. The highest BCUT2D eigenvalue weighted by molar-refractivity contribution is 6.03. The summed E-state index contributed by atoms with van der Waals surface area (Å²) in [5, 5.41) is 3.13. The number of ether oxygens (including phenoxy) is 1. The first-order valence-electron chi connectivity index (χ1n) is 10.9. The highest BCUT2D eigenvalue weighted by Gasteiger charge is 2.44. The number of benzene rings is 1. The van der Waals surface area contributed by atoms with E-state index >= 15 is 0 Å². The van der Waals surface area contributed by atoms with E-state index in [1.807, 2.05) is 0 Å². The average molecular weight is 433 g/mol. The lowest BCUT2D eigenvalue weighted by molar-refractivity contribution is -0.146. The Morgan fingerprint density at radius 1 is 1.06 bits per heavy atom. The number of allylic oxidation sites excluding steroid dienone is 3. The molecule has 1 fully saturated rings. The molecule has 0 aromatic heterocycles. The minimum absolute atomic E-state index is 0.0748. The van der Waals surface area contributed by atoms with Gasteiger partial charge in [-0.25, -0.2) is 4.79 Å². The maximum Gasteiger partial charge on any atom is 0.416 e. The predicted octanol–water partition coefficient (Wildman–Crippen LogP) is 5.55. The summed E-state index contributed by atoms with van der Waals surface area (Å²) >= 11 is 0. The monoisotopic (exact) mass is 433 g/mol. The molecule has 1 N–H and O–H groups in total. The number of rotatable bonds is 3. The first kappa shape index (κ1) is 21.7. The van der Waals surface area contributed by atoms with Gasteiger partial charge in [-0.05, 0) is 57.1 Å². The molecule has 1 saturated carbocycles. The first-order valence-corrected chi connectivity index (χ1v) is 10.9. The summed E-state index contributed by atoms with van der Waals surface area (Å²) < 4.78 is 47.4. The lowest BCUT2D eigenvalue weighted by Crippen LogP contribution is -2.36. The van der Waals surface area contributed by atoms with Gasteiger partial charge in [-0.1, -0.05) is 24.6 Å². The van der Waals surface area contributed by atoms with Crippen LogP contribution in [0.2, 0.25) is 0 Å². The SMILES string of the molecule is CC1=C(C(=O)OC2CCCCC2)[C@@H](c2ccccc2C(F)(F)F)C2=C(CCCC2=O)N1. The molecule has 0 amide bonds. The molecule has 3 aliphatic rings. The fourth-order valence-electron chi connectivity index (χ4n) is 4.97. The van der Waals surface area contributed by atoms with Gasteiger partial charge in [-0.15, -0.1) is 0 Å². The number of halogens is 3. The van der Waals surface area contributed by atoms with E-state index in [0.717, 1.165) is 38.2 Å². The molecular formula is C24H26F3NO3. The average Bonchev–Trinajstić information content (AvgIpc) is 2.73. The van der Waals surface area contributed by atoms with E-state index in [1.165, 1.54) is 18.2 Å². The van der Waals surface area contributed by atoms with Crippen LogP contribution in [0.3, 0.4) is 0 Å². The maximum absolute atomic E-state index is 13.9. The van der Waals surface area contributed by atoms with Crippen molar-refractivity contribution in [2.75, 3.05) is 0 Å². The number of hydrogen-bond donors (Lipinski definition) is 1. The molecule has 1 aromatic rings. The fraction of sp³-hybridized carbons (Fsp3) is 0.500. The summed E-state index contributed by atoms with van der Waals surface area (Å²) in [5.41, 5.74) is 0.540. The van der Waals surface area contributed by atoms with Gasteiger partial charge < -0.3 is 10.1 Å². The minimum atomic E-state index is -4.60. The Bertz CT molecular complexity index is 955. The van der Waals surface area contributed by atoms with Crippen LogP contribution in [-0.2, 0) is 20.5 Å². The molecule has 1 aliphatic heterocycles. The van der Waals surface area contributed by atoms with E-state index in [1.54, 1.807) is 6.92 Å². The van der Waals surface area contributed by atoms with Crippen molar-refractivity contribution >= 4 is 11.8 Å². The third-order valence-corrected chi connectivity index (χ3v) is 6.40. The highest BCUT2D eigenvalue weighted by Crippen LogP contribution is 2.46. The smallest absolute Gasteiger partial charge is 0.416 e. The van der Waals surface area contributed by atoms with Gasteiger partial charge in [0, 0.05) is 29.3 Å². The van der Waals surface area contributed by atoms with Gasteiger partial charge in [-0.3, -0.25) is 4.79 Å². The molecule has 0 radical (unpaired) electrons. The van der Waals surface area contributed by atoms with Crippen LogP contribution < -0.4 is 5.32 Å². The summed E-state index contributed by atoms with van der Waals surface area (Å²) in [7, 11) is 0. The number of ketones is 1. The number of nitrogens with one attached hydrogen (secondary N) is 1. The van der Waals surface area contributed by atoms with Gasteiger partial charge >= 0.3 is 12.1 Å². The van der Waals surface area contributed by atoms with E-state index in [2.05, 4.69) is 5.32 Å². The minimum Gasteiger partial charge on any atom is -0.459 e. The van der Waals surface area contributed by atoms with Gasteiger partial charge in [-0.2, -0.15) is 13.2 Å². The standard InChI is InChI=1S/C24H26F3NO3/c1-14-20(23(30)31-15-8-3-2-4-9-15)21(22-18(28-14)12-7-13-19(22)29)16-10-5-6-11-17(16)24(25,26)27/h5-6,10-11,15,21,28H,2-4,7-9,12-13H2,1H3/t21-/m1/s1. The molecule has 2 aliphatic carbocycles. The molecule has 31 heavy (non-hydrogen) atoms. The van der Waals surface area contributed by atoms with Crippen molar-refractivity contribution in [1.82, 2.24) is 5.32 Å². The third-order valence-electron chi connectivity index (χ3n) is 6.40. The largest absolute Gasteiger partial charge is 0.459 e. The van der Waals surface area contributed by atoms with Gasteiger partial charge in [0.1, 0.15) is 6.10 Å². The van der Waals surface area contributed by atoms with Crippen molar-refractivity contribution in [3.8, 4) is 0 Å². The Balaban J connectivity index is 1.82. The number of dihydropyridines is 1. The van der Waals surface area contributed by atoms with Crippen LogP contribution in [0.5, 0.6) is 0 Å². The molecule has 1 aromatic carbocycles. The van der Waals surface area contributed by atoms with E-state index in [-0.39, 0.29) is 35.0 Å². The predicted molar refractivity (Wildman–Crippen MR) is 109 cm³/mol. The van der Waals surface area contributed by atoms with Crippen LogP contribution in [-0.4, -0.2) is 17.9 Å². The Kier molecular flexibility index (Phi) is 5.95. The van der Waals surface area contributed by atoms with Crippen LogP contribution >= 0.6 is 0 Å². The molecule has 0 unspecified atom stereocenters. The fourth-order valence-corrected chi connectivity index (χ4v) is 4.97. The van der Waals surface area contributed by atoms with E-state index in [0.29, 0.717) is 24.2 Å². The van der Waals surface area contributed by atoms with Gasteiger partial charge in [0.05, 0.1) is 11.1 Å². The van der Waals surface area contributed by atoms with Gasteiger partial charge in [0.25, 0.3) is 0 Å². The molecule has 1 heterocycles. The van der Waals surface area contributed by atoms with Crippen LogP contribution in [0.4, 0.5) is 13.2 Å². The Hall–Kier alpha value is -2.57. The summed E-state index contributed by atoms with van der Waals surface area (Å²) in [6.07, 6.45) is 1.12. The van der Waals surface area contributed by atoms with Crippen molar-refractivity contribution in [3.63, 3.8) is 0 Å². The van der Waals surface area contributed by atoms with Crippen LogP contribution in [0.25, 0.3) is 0 Å². The molecule has 7 heteroatoms. The summed E-state index contributed by atoms with van der Waals surface area (Å²) in [6.45, 7) is 1.67. The van der Waals surface area contributed by atoms with Crippen molar-refractivity contribution < 1.29 is 27.5 Å². The number of carbonyl (C=O) groups is 2. The Labute approximate surface area is 179 Å². The second kappa shape index (κ2) is 8.52. The second-order valence-electron chi connectivity index (χ2n) is 8.52. The molecule has 0 saturated heterocycles. The lowest BCUT2D eigenvalue weighted by Gasteiger charge is -2.35. The summed E-state index contributed by atoms with van der Waals surface area (Å²) in [6, 6.07) is 5.21. The Morgan fingerprint density at radius 3 is 2.48 bits per heavy atom. The van der Waals surface area contributed by atoms with Gasteiger partial charge in [0.15, 0.2) is 5.78 Å². The van der Waals surface area contributed by atoms with Gasteiger partial charge in [0.2, 0.25) is 0 Å². The number of carbonyl (C=O) groups excluding carboxylic acids is 2. The molecule has 0 bridgehead atoms. The first-order chi connectivity index (χ1) is 14.8. The van der Waals surface area contributed by atoms with E-state index in [9.17, 15) is 22.8 Å². The normalized spacial score (nSPS) is 22.8. The number of hydrogen-bond acceptors (Lipinski definition) is 4. The Morgan fingerprint density at radius 2 is 1.77 bits per heavy atom. The maximum atomic E-state index is 13.9. The van der Waals surface area contributed by atoms with Crippen LogP contribution in [0.1, 0.15) is 75.3 Å². The van der Waals surface area contributed by atoms with Crippen LogP contribution in [0.15, 0.2) is 46.8 Å². The lowest BCUT2D eigenvalue weighted by atomic mass is 9.74. The van der Waals surface area contributed by atoms with Crippen LogP contribution in [0, 0.1) is 0 Å². The van der Waals surface area contributed by atoms with E-state index in [4.69, 9.17) is 4.74 Å². The van der Waals surface area contributed by atoms with E-state index < -0.39 is 23.6 Å².